The third-order valence-electron chi connectivity index (χ3n) is 2.37. The standard InChI is InChI=1S/C11H14N2O2/c1-14-8-4-5-10-9(7-8)11(15-13-10)3-2-6-12/h4-5,7H,2-3,6,12H2,1H3. The normalized spacial score (nSPS) is 10.8. The maximum absolute atomic E-state index is 5.46. The van der Waals surface area contributed by atoms with E-state index in [2.05, 4.69) is 5.16 Å². The van der Waals surface area contributed by atoms with Crippen molar-refractivity contribution in [2.45, 2.75) is 12.8 Å². The minimum absolute atomic E-state index is 0.659. The summed E-state index contributed by atoms with van der Waals surface area (Å²) >= 11 is 0. The highest BCUT2D eigenvalue weighted by molar-refractivity contribution is 5.81. The summed E-state index contributed by atoms with van der Waals surface area (Å²) in [6, 6.07) is 5.71. The highest BCUT2D eigenvalue weighted by Crippen LogP contribution is 2.24. The lowest BCUT2D eigenvalue weighted by Gasteiger charge is -1.98. The third-order valence-corrected chi connectivity index (χ3v) is 2.37. The fourth-order valence-corrected chi connectivity index (χ4v) is 1.54. The van der Waals surface area contributed by atoms with E-state index < -0.39 is 0 Å². The summed E-state index contributed by atoms with van der Waals surface area (Å²) in [5.41, 5.74) is 6.32. The van der Waals surface area contributed by atoms with E-state index >= 15 is 0 Å². The van der Waals surface area contributed by atoms with Crippen LogP contribution in [0, 0.1) is 0 Å². The van der Waals surface area contributed by atoms with Gasteiger partial charge in [0.1, 0.15) is 17.0 Å². The minimum Gasteiger partial charge on any atom is -0.497 e. The van der Waals surface area contributed by atoms with Crippen molar-refractivity contribution in [3.05, 3.63) is 24.0 Å². The van der Waals surface area contributed by atoms with Crippen LogP contribution < -0.4 is 10.5 Å². The van der Waals surface area contributed by atoms with E-state index in [4.69, 9.17) is 15.0 Å². The molecule has 2 N–H and O–H groups in total. The first kappa shape index (κ1) is 9.98. The molecule has 1 aromatic carbocycles. The van der Waals surface area contributed by atoms with Crippen LogP contribution in [0.2, 0.25) is 0 Å². The van der Waals surface area contributed by atoms with Crippen molar-refractivity contribution in [2.75, 3.05) is 13.7 Å². The smallest absolute Gasteiger partial charge is 0.144 e. The molecule has 4 heteroatoms. The summed E-state index contributed by atoms with van der Waals surface area (Å²) in [4.78, 5) is 0. The summed E-state index contributed by atoms with van der Waals surface area (Å²) in [7, 11) is 1.65. The number of benzene rings is 1. The van der Waals surface area contributed by atoms with Crippen molar-refractivity contribution in [3.63, 3.8) is 0 Å². The number of rotatable bonds is 4. The number of aromatic nitrogens is 1. The second-order valence-electron chi connectivity index (χ2n) is 3.38. The highest BCUT2D eigenvalue weighted by atomic mass is 16.5. The Bertz CT molecular complexity index is 451. The van der Waals surface area contributed by atoms with Gasteiger partial charge in [0, 0.05) is 11.8 Å². The van der Waals surface area contributed by atoms with Gasteiger partial charge in [-0.25, -0.2) is 0 Å². The summed E-state index contributed by atoms with van der Waals surface area (Å²) < 4.78 is 10.4. The van der Waals surface area contributed by atoms with Crippen molar-refractivity contribution in [2.24, 2.45) is 5.73 Å². The first-order valence-corrected chi connectivity index (χ1v) is 4.97. The molecule has 15 heavy (non-hydrogen) atoms. The number of aryl methyl sites for hydroxylation is 1. The maximum atomic E-state index is 5.46. The van der Waals surface area contributed by atoms with Gasteiger partial charge in [0.05, 0.1) is 7.11 Å². The van der Waals surface area contributed by atoms with Crippen LogP contribution in [0.5, 0.6) is 5.75 Å². The number of fused-ring (bicyclic) bond motifs is 1. The van der Waals surface area contributed by atoms with Gasteiger partial charge in [0.2, 0.25) is 0 Å². The van der Waals surface area contributed by atoms with Crippen LogP contribution in [0.25, 0.3) is 10.9 Å². The predicted molar refractivity (Wildman–Crippen MR) is 57.9 cm³/mol. The zero-order valence-corrected chi connectivity index (χ0v) is 8.69. The van der Waals surface area contributed by atoms with E-state index in [1.807, 2.05) is 18.2 Å². The van der Waals surface area contributed by atoms with Gasteiger partial charge in [0.25, 0.3) is 0 Å². The van der Waals surface area contributed by atoms with E-state index in [1.165, 1.54) is 0 Å². The molecule has 0 unspecified atom stereocenters. The van der Waals surface area contributed by atoms with Crippen LogP contribution in [0.15, 0.2) is 22.7 Å². The Hall–Kier alpha value is -1.55. The van der Waals surface area contributed by atoms with E-state index in [1.54, 1.807) is 7.11 Å². The Morgan fingerprint density at radius 3 is 3.07 bits per heavy atom. The van der Waals surface area contributed by atoms with Crippen molar-refractivity contribution >= 4 is 10.9 Å². The molecule has 1 aromatic heterocycles. The molecule has 2 rings (SSSR count). The molecule has 0 saturated heterocycles. The summed E-state index contributed by atoms with van der Waals surface area (Å²) in [6.45, 7) is 0.659. The first-order valence-electron chi connectivity index (χ1n) is 4.97. The lowest BCUT2D eigenvalue weighted by molar-refractivity contribution is 0.389. The van der Waals surface area contributed by atoms with Gasteiger partial charge in [0.15, 0.2) is 0 Å². The molecule has 2 aromatic rings. The summed E-state index contributed by atoms with van der Waals surface area (Å²) in [5.74, 6) is 1.70. The number of nitrogens with two attached hydrogens (primary N) is 1. The van der Waals surface area contributed by atoms with Gasteiger partial charge in [-0.2, -0.15) is 0 Å². The average Bonchev–Trinajstić information content (AvgIpc) is 2.68. The molecule has 0 fully saturated rings. The maximum Gasteiger partial charge on any atom is 0.144 e. The Morgan fingerprint density at radius 1 is 1.47 bits per heavy atom. The van der Waals surface area contributed by atoms with Crippen LogP contribution in [0.4, 0.5) is 0 Å². The van der Waals surface area contributed by atoms with E-state index in [-0.39, 0.29) is 0 Å². The molecule has 0 bridgehead atoms. The molecule has 0 atom stereocenters. The highest BCUT2D eigenvalue weighted by Gasteiger charge is 2.08. The Kier molecular flexibility index (Phi) is 2.87. The molecule has 0 aliphatic rings. The average molecular weight is 206 g/mol. The van der Waals surface area contributed by atoms with Crippen molar-refractivity contribution in [1.29, 1.82) is 0 Å². The largest absolute Gasteiger partial charge is 0.497 e. The summed E-state index contributed by atoms with van der Waals surface area (Å²) in [6.07, 6.45) is 1.72. The number of hydrogen-bond donors (Lipinski definition) is 1. The molecule has 0 aliphatic heterocycles. The van der Waals surface area contributed by atoms with Gasteiger partial charge >= 0.3 is 0 Å². The first-order chi connectivity index (χ1) is 7.35. The van der Waals surface area contributed by atoms with E-state index in [0.717, 1.165) is 35.3 Å². The second-order valence-corrected chi connectivity index (χ2v) is 3.38. The number of methoxy groups -OCH3 is 1. The number of ether oxygens (including phenoxy) is 1. The molecule has 1 heterocycles. The molecular weight excluding hydrogens is 192 g/mol. The quantitative estimate of drug-likeness (QED) is 0.827. The van der Waals surface area contributed by atoms with E-state index in [9.17, 15) is 0 Å². The minimum atomic E-state index is 0.659. The van der Waals surface area contributed by atoms with Gasteiger partial charge in [-0.05, 0) is 31.2 Å². The lowest BCUT2D eigenvalue weighted by atomic mass is 10.1. The van der Waals surface area contributed by atoms with Crippen LogP contribution in [0.1, 0.15) is 12.2 Å². The van der Waals surface area contributed by atoms with Crippen LogP contribution in [-0.4, -0.2) is 18.8 Å². The van der Waals surface area contributed by atoms with Crippen molar-refractivity contribution in [1.82, 2.24) is 5.16 Å². The molecule has 0 spiro atoms. The summed E-state index contributed by atoms with van der Waals surface area (Å²) in [5, 5.41) is 4.99. The fourth-order valence-electron chi connectivity index (χ4n) is 1.54. The molecular formula is C11H14N2O2. The molecule has 4 nitrogen and oxygen atoms in total. The van der Waals surface area contributed by atoms with E-state index in [0.29, 0.717) is 6.54 Å². The Labute approximate surface area is 88.0 Å². The zero-order valence-electron chi connectivity index (χ0n) is 8.69. The predicted octanol–water partition coefficient (Wildman–Crippen LogP) is 1.73. The third kappa shape index (κ3) is 1.94. The van der Waals surface area contributed by atoms with Crippen molar-refractivity contribution < 1.29 is 9.26 Å². The number of hydrogen-bond acceptors (Lipinski definition) is 4. The van der Waals surface area contributed by atoms with Crippen LogP contribution in [0.3, 0.4) is 0 Å². The Morgan fingerprint density at radius 2 is 2.33 bits per heavy atom. The van der Waals surface area contributed by atoms with Gasteiger partial charge in [-0.3, -0.25) is 0 Å². The molecule has 0 radical (unpaired) electrons. The lowest BCUT2D eigenvalue weighted by Crippen LogP contribution is -1.99. The zero-order chi connectivity index (χ0) is 10.7. The van der Waals surface area contributed by atoms with Crippen molar-refractivity contribution in [3.8, 4) is 5.75 Å². The Balaban J connectivity index is 2.38. The fraction of sp³-hybridized carbons (Fsp3) is 0.364. The topological polar surface area (TPSA) is 61.3 Å². The SMILES string of the molecule is COc1ccc2noc(CCCN)c2c1. The van der Waals surface area contributed by atoms with Gasteiger partial charge in [-0.1, -0.05) is 5.16 Å². The van der Waals surface area contributed by atoms with Gasteiger partial charge < -0.3 is 15.0 Å². The monoisotopic (exact) mass is 206 g/mol. The molecule has 80 valence electrons. The second kappa shape index (κ2) is 4.31. The van der Waals surface area contributed by atoms with Crippen LogP contribution >= 0.6 is 0 Å². The van der Waals surface area contributed by atoms with Gasteiger partial charge in [-0.15, -0.1) is 0 Å². The molecule has 0 amide bonds. The molecule has 0 aliphatic carbocycles. The molecule has 0 saturated carbocycles. The number of nitrogens with zero attached hydrogens (tertiary/aromatic N) is 1. The van der Waals surface area contributed by atoms with Crippen LogP contribution in [-0.2, 0) is 6.42 Å².